The van der Waals surface area contributed by atoms with Gasteiger partial charge in [-0.2, -0.15) is 0 Å². The summed E-state index contributed by atoms with van der Waals surface area (Å²) in [6.45, 7) is 11.9. The van der Waals surface area contributed by atoms with Crippen molar-refractivity contribution < 1.29 is 47.4 Å². The fraction of sp³-hybridized carbons (Fsp3) is 0.974. The summed E-state index contributed by atoms with van der Waals surface area (Å²) in [5.41, 5.74) is 0. The van der Waals surface area contributed by atoms with Crippen LogP contribution in [0.4, 0.5) is 0 Å². The Morgan fingerprint density at radius 3 is 0.939 bits per heavy atom. The van der Waals surface area contributed by atoms with E-state index < -0.39 is 0 Å². The predicted octanol–water partition coefficient (Wildman–Crippen LogP) is 6.49. The van der Waals surface area contributed by atoms with Crippen LogP contribution in [0.2, 0.25) is 0 Å². The summed E-state index contributed by atoms with van der Waals surface area (Å²) >= 11 is 0. The minimum atomic E-state index is -0.126. The molecular formula is C38H77NO10. The summed E-state index contributed by atoms with van der Waals surface area (Å²) in [6, 6.07) is 0. The number of hydrogen-bond donors (Lipinski definition) is 0. The second kappa shape index (κ2) is 43.3. The standard InChI is InChI=1S/C38H77NO10/c1-4-5-6-7-8-9-10-11-12-13-14-15-16-17-18-19-38(40)49-37-36-48-35-34-47-33-32-46-31-30-45-29-28-44-27-26-43-25-24-42-23-22-41-21-20-39(2)3/h4-37H2,1-3H3. The summed E-state index contributed by atoms with van der Waals surface area (Å²) in [5, 5.41) is 0. The molecule has 0 bridgehead atoms. The molecule has 0 aromatic rings. The van der Waals surface area contributed by atoms with Crippen LogP contribution in [0.15, 0.2) is 0 Å². The molecular weight excluding hydrogens is 630 g/mol. The van der Waals surface area contributed by atoms with Gasteiger partial charge in [-0.3, -0.25) is 4.79 Å². The molecule has 0 aliphatic rings. The molecule has 49 heavy (non-hydrogen) atoms. The molecule has 0 aliphatic heterocycles. The maximum Gasteiger partial charge on any atom is 0.305 e. The van der Waals surface area contributed by atoms with Gasteiger partial charge in [0, 0.05) is 13.0 Å². The van der Waals surface area contributed by atoms with E-state index in [4.69, 9.17) is 42.6 Å². The van der Waals surface area contributed by atoms with E-state index in [1.165, 1.54) is 83.5 Å². The summed E-state index contributed by atoms with van der Waals surface area (Å²) in [7, 11) is 4.04. The highest BCUT2D eigenvalue weighted by Gasteiger charge is 2.03. The molecule has 0 aromatic heterocycles. The molecule has 0 heterocycles. The fourth-order valence-electron chi connectivity index (χ4n) is 4.82. The number of ether oxygens (including phenoxy) is 9. The zero-order chi connectivity index (χ0) is 35.6. The van der Waals surface area contributed by atoms with Gasteiger partial charge in [-0.05, 0) is 20.5 Å². The zero-order valence-corrected chi connectivity index (χ0v) is 32.1. The Kier molecular flexibility index (Phi) is 42.5. The SMILES string of the molecule is CCCCCCCCCCCCCCCCCC(=O)OCCOCCOCCOCCOCCOCCOCCOCCOCCN(C)C. The van der Waals surface area contributed by atoms with Crippen molar-refractivity contribution in [3.8, 4) is 0 Å². The molecule has 0 rings (SSSR count). The lowest BCUT2D eigenvalue weighted by atomic mass is 10.0. The first-order valence-electron chi connectivity index (χ1n) is 19.6. The highest BCUT2D eigenvalue weighted by atomic mass is 16.6. The van der Waals surface area contributed by atoms with Crippen LogP contribution in [-0.2, 0) is 47.4 Å². The lowest BCUT2D eigenvalue weighted by molar-refractivity contribution is -0.145. The van der Waals surface area contributed by atoms with Crippen LogP contribution < -0.4 is 0 Å². The molecule has 0 fully saturated rings. The highest BCUT2D eigenvalue weighted by molar-refractivity contribution is 5.69. The first-order chi connectivity index (χ1) is 24.2. The van der Waals surface area contributed by atoms with E-state index in [1.807, 2.05) is 14.1 Å². The Labute approximate surface area is 300 Å². The van der Waals surface area contributed by atoms with Crippen LogP contribution in [0.1, 0.15) is 110 Å². The van der Waals surface area contributed by atoms with E-state index in [1.54, 1.807) is 0 Å². The van der Waals surface area contributed by atoms with Crippen molar-refractivity contribution >= 4 is 5.97 Å². The largest absolute Gasteiger partial charge is 0.463 e. The van der Waals surface area contributed by atoms with Gasteiger partial charge in [0.2, 0.25) is 0 Å². The molecule has 0 atom stereocenters. The number of hydrogen-bond acceptors (Lipinski definition) is 11. The number of esters is 1. The van der Waals surface area contributed by atoms with Crippen LogP contribution in [0.3, 0.4) is 0 Å². The number of likely N-dealkylation sites (N-methyl/N-ethyl adjacent to an activating group) is 1. The summed E-state index contributed by atoms with van der Waals surface area (Å²) < 4.78 is 49.1. The van der Waals surface area contributed by atoms with Gasteiger partial charge in [0.25, 0.3) is 0 Å². The van der Waals surface area contributed by atoms with Gasteiger partial charge in [-0.25, -0.2) is 0 Å². The number of unbranched alkanes of at least 4 members (excludes halogenated alkanes) is 14. The van der Waals surface area contributed by atoms with Gasteiger partial charge in [0.1, 0.15) is 6.61 Å². The van der Waals surface area contributed by atoms with Crippen molar-refractivity contribution in [3.63, 3.8) is 0 Å². The minimum Gasteiger partial charge on any atom is -0.463 e. The van der Waals surface area contributed by atoms with E-state index in [2.05, 4.69) is 11.8 Å². The van der Waals surface area contributed by atoms with Crippen LogP contribution in [0, 0.1) is 0 Å². The molecule has 0 spiro atoms. The lowest BCUT2D eigenvalue weighted by Gasteiger charge is -2.10. The first kappa shape index (κ1) is 48.1. The van der Waals surface area contributed by atoms with Crippen LogP contribution in [-0.4, -0.2) is 144 Å². The van der Waals surface area contributed by atoms with Crippen LogP contribution in [0.25, 0.3) is 0 Å². The van der Waals surface area contributed by atoms with E-state index >= 15 is 0 Å². The molecule has 0 radical (unpaired) electrons. The molecule has 11 heteroatoms. The number of rotatable bonds is 43. The van der Waals surface area contributed by atoms with E-state index in [9.17, 15) is 4.79 Å². The van der Waals surface area contributed by atoms with Gasteiger partial charge in [0.05, 0.1) is 106 Å². The third-order valence-electron chi connectivity index (χ3n) is 7.76. The monoisotopic (exact) mass is 708 g/mol. The second-order valence-corrected chi connectivity index (χ2v) is 12.6. The minimum absolute atomic E-state index is 0.126. The molecule has 0 unspecified atom stereocenters. The van der Waals surface area contributed by atoms with Crippen molar-refractivity contribution in [3.05, 3.63) is 0 Å². The summed E-state index contributed by atoms with van der Waals surface area (Å²) in [5.74, 6) is -0.126. The van der Waals surface area contributed by atoms with Crippen molar-refractivity contribution in [1.29, 1.82) is 0 Å². The normalized spacial score (nSPS) is 11.6. The Morgan fingerprint density at radius 1 is 0.367 bits per heavy atom. The van der Waals surface area contributed by atoms with Gasteiger partial charge in [0.15, 0.2) is 0 Å². The van der Waals surface area contributed by atoms with Crippen molar-refractivity contribution in [2.45, 2.75) is 110 Å². The maximum absolute atomic E-state index is 11.9. The molecule has 0 amide bonds. The Hall–Kier alpha value is -0.890. The number of nitrogens with zero attached hydrogens (tertiary/aromatic N) is 1. The molecule has 0 saturated heterocycles. The Morgan fingerprint density at radius 2 is 0.633 bits per heavy atom. The van der Waals surface area contributed by atoms with E-state index in [0.717, 1.165) is 26.0 Å². The van der Waals surface area contributed by atoms with Gasteiger partial charge in [-0.1, -0.05) is 96.8 Å². The Bertz CT molecular complexity index is 629. The molecule has 0 N–H and O–H groups in total. The summed E-state index contributed by atoms with van der Waals surface area (Å²) in [6.07, 6.45) is 20.3. The lowest BCUT2D eigenvalue weighted by Crippen LogP contribution is -2.19. The van der Waals surface area contributed by atoms with Gasteiger partial charge in [-0.15, -0.1) is 0 Å². The Balaban J connectivity index is 3.13. The van der Waals surface area contributed by atoms with Crippen LogP contribution >= 0.6 is 0 Å². The topological polar surface area (TPSA) is 103 Å². The van der Waals surface area contributed by atoms with Crippen molar-refractivity contribution in [1.82, 2.24) is 4.90 Å². The smallest absolute Gasteiger partial charge is 0.305 e. The van der Waals surface area contributed by atoms with Crippen LogP contribution in [0.5, 0.6) is 0 Å². The van der Waals surface area contributed by atoms with E-state index in [0.29, 0.717) is 112 Å². The zero-order valence-electron chi connectivity index (χ0n) is 32.1. The molecule has 0 saturated carbocycles. The number of carbonyl (C=O) groups excluding carboxylic acids is 1. The van der Waals surface area contributed by atoms with E-state index in [-0.39, 0.29) is 5.97 Å². The van der Waals surface area contributed by atoms with Crippen molar-refractivity contribution in [2.75, 3.05) is 133 Å². The molecule has 294 valence electrons. The second-order valence-electron chi connectivity index (χ2n) is 12.6. The highest BCUT2D eigenvalue weighted by Crippen LogP contribution is 2.13. The van der Waals surface area contributed by atoms with Gasteiger partial charge >= 0.3 is 5.97 Å². The average Bonchev–Trinajstić information content (AvgIpc) is 3.09. The van der Waals surface area contributed by atoms with Crippen molar-refractivity contribution in [2.24, 2.45) is 0 Å². The predicted molar refractivity (Wildman–Crippen MR) is 196 cm³/mol. The quantitative estimate of drug-likeness (QED) is 0.0514. The first-order valence-corrected chi connectivity index (χ1v) is 19.6. The number of carbonyl (C=O) groups is 1. The maximum atomic E-state index is 11.9. The molecule has 0 aliphatic carbocycles. The summed E-state index contributed by atoms with van der Waals surface area (Å²) in [4.78, 5) is 14.0. The molecule has 11 nitrogen and oxygen atoms in total. The molecule has 0 aromatic carbocycles. The average molecular weight is 708 g/mol. The third kappa shape index (κ3) is 45.1. The fourth-order valence-corrected chi connectivity index (χ4v) is 4.82. The van der Waals surface area contributed by atoms with Gasteiger partial charge < -0.3 is 47.5 Å². The third-order valence-corrected chi connectivity index (χ3v) is 7.76.